The number of likely N-dealkylation sites (tertiary alicyclic amines) is 2. The lowest BCUT2D eigenvalue weighted by molar-refractivity contribution is -0.134. The van der Waals surface area contributed by atoms with E-state index in [1.165, 1.54) is 6.42 Å². The van der Waals surface area contributed by atoms with Gasteiger partial charge in [-0.25, -0.2) is 0 Å². The second-order valence-corrected chi connectivity index (χ2v) is 6.04. The van der Waals surface area contributed by atoms with E-state index in [4.69, 9.17) is 5.73 Å². The Morgan fingerprint density at radius 3 is 2.42 bits per heavy atom. The van der Waals surface area contributed by atoms with Gasteiger partial charge in [-0.2, -0.15) is 0 Å². The second kappa shape index (κ2) is 6.37. The quantitative estimate of drug-likeness (QED) is 0.807. The van der Waals surface area contributed by atoms with Crippen molar-refractivity contribution < 1.29 is 9.59 Å². The van der Waals surface area contributed by atoms with Crippen molar-refractivity contribution in [2.45, 2.75) is 32.6 Å². The van der Waals surface area contributed by atoms with Crippen LogP contribution in [0.15, 0.2) is 0 Å². The van der Waals surface area contributed by atoms with Gasteiger partial charge in [0.05, 0.1) is 6.54 Å². The molecule has 2 heterocycles. The largest absolute Gasteiger partial charge is 0.369 e. The molecule has 0 aromatic carbocycles. The molecule has 0 saturated carbocycles. The van der Waals surface area contributed by atoms with E-state index in [-0.39, 0.29) is 17.7 Å². The number of nitrogens with two attached hydrogens (primary N) is 1. The van der Waals surface area contributed by atoms with Gasteiger partial charge in [0.1, 0.15) is 0 Å². The summed E-state index contributed by atoms with van der Waals surface area (Å²) < 4.78 is 0. The highest BCUT2D eigenvalue weighted by Crippen LogP contribution is 2.18. The summed E-state index contributed by atoms with van der Waals surface area (Å²) in [6.07, 6.45) is 3.93. The molecule has 2 aliphatic heterocycles. The highest BCUT2D eigenvalue weighted by molar-refractivity contribution is 5.79. The maximum absolute atomic E-state index is 12.2. The molecule has 0 aliphatic carbocycles. The van der Waals surface area contributed by atoms with Crippen LogP contribution in [0.25, 0.3) is 0 Å². The lowest BCUT2D eigenvalue weighted by Crippen LogP contribution is -2.47. The Kier molecular flexibility index (Phi) is 4.80. The van der Waals surface area contributed by atoms with Crippen molar-refractivity contribution in [3.8, 4) is 0 Å². The first-order chi connectivity index (χ1) is 9.06. The predicted octanol–water partition coefficient (Wildman–Crippen LogP) is 0.442. The fourth-order valence-electron chi connectivity index (χ4n) is 3.08. The van der Waals surface area contributed by atoms with Crippen molar-refractivity contribution in [1.82, 2.24) is 9.80 Å². The zero-order chi connectivity index (χ0) is 13.8. The summed E-state index contributed by atoms with van der Waals surface area (Å²) in [6, 6.07) is 0. The van der Waals surface area contributed by atoms with Gasteiger partial charge in [0, 0.05) is 19.0 Å². The molecular formula is C14H25N3O2. The van der Waals surface area contributed by atoms with Gasteiger partial charge in [0.2, 0.25) is 11.8 Å². The topological polar surface area (TPSA) is 66.6 Å². The molecular weight excluding hydrogens is 242 g/mol. The van der Waals surface area contributed by atoms with Gasteiger partial charge in [0.25, 0.3) is 0 Å². The molecule has 2 saturated heterocycles. The molecule has 19 heavy (non-hydrogen) atoms. The van der Waals surface area contributed by atoms with Crippen LogP contribution in [0.2, 0.25) is 0 Å². The van der Waals surface area contributed by atoms with Crippen molar-refractivity contribution in [1.29, 1.82) is 0 Å². The van der Waals surface area contributed by atoms with Crippen molar-refractivity contribution in [3.05, 3.63) is 0 Å². The Morgan fingerprint density at radius 1 is 1.16 bits per heavy atom. The number of nitrogens with zero attached hydrogens (tertiary/aromatic N) is 2. The van der Waals surface area contributed by atoms with E-state index in [1.807, 2.05) is 4.90 Å². The Hall–Kier alpha value is -1.10. The maximum Gasteiger partial charge on any atom is 0.236 e. The average molecular weight is 267 g/mol. The third-order valence-electron chi connectivity index (χ3n) is 4.36. The van der Waals surface area contributed by atoms with Crippen LogP contribution in [0.3, 0.4) is 0 Å². The van der Waals surface area contributed by atoms with Crippen molar-refractivity contribution in [2.24, 2.45) is 17.6 Å². The second-order valence-electron chi connectivity index (χ2n) is 6.04. The van der Waals surface area contributed by atoms with Gasteiger partial charge in [-0.15, -0.1) is 0 Å². The first-order valence-corrected chi connectivity index (χ1v) is 7.35. The predicted molar refractivity (Wildman–Crippen MR) is 73.3 cm³/mol. The summed E-state index contributed by atoms with van der Waals surface area (Å²) in [5, 5.41) is 0. The molecule has 2 rings (SSSR count). The van der Waals surface area contributed by atoms with E-state index in [9.17, 15) is 9.59 Å². The van der Waals surface area contributed by atoms with Gasteiger partial charge in [-0.3, -0.25) is 14.5 Å². The number of carbonyl (C=O) groups excluding carboxylic acids is 2. The average Bonchev–Trinajstić information content (AvgIpc) is 2.39. The first-order valence-electron chi connectivity index (χ1n) is 7.35. The summed E-state index contributed by atoms with van der Waals surface area (Å²) >= 11 is 0. The Morgan fingerprint density at radius 2 is 1.84 bits per heavy atom. The number of rotatable bonds is 3. The van der Waals surface area contributed by atoms with Crippen LogP contribution < -0.4 is 5.73 Å². The van der Waals surface area contributed by atoms with Crippen LogP contribution in [0.1, 0.15) is 32.6 Å². The standard InChI is InChI=1S/C14H25N3O2/c1-11-3-2-6-17(9-11)13(18)10-16-7-4-12(5-8-16)14(15)19/h11-12H,2-10H2,1H3,(H2,15,19)/t11-/m0/s1. The first kappa shape index (κ1) is 14.3. The highest BCUT2D eigenvalue weighted by atomic mass is 16.2. The zero-order valence-electron chi connectivity index (χ0n) is 11.8. The monoisotopic (exact) mass is 267 g/mol. The van der Waals surface area contributed by atoms with Crippen LogP contribution in [0, 0.1) is 11.8 Å². The normalized spacial score (nSPS) is 26.4. The number of primary amides is 1. The lowest BCUT2D eigenvalue weighted by Gasteiger charge is -2.35. The number of carbonyl (C=O) groups is 2. The van der Waals surface area contributed by atoms with Gasteiger partial charge >= 0.3 is 0 Å². The number of amides is 2. The molecule has 5 heteroatoms. The van der Waals surface area contributed by atoms with E-state index < -0.39 is 0 Å². The third-order valence-corrected chi connectivity index (χ3v) is 4.36. The van der Waals surface area contributed by atoms with Crippen molar-refractivity contribution in [3.63, 3.8) is 0 Å². The summed E-state index contributed by atoms with van der Waals surface area (Å²) in [6.45, 7) is 6.12. The van der Waals surface area contributed by atoms with E-state index in [2.05, 4.69) is 11.8 Å². The summed E-state index contributed by atoms with van der Waals surface area (Å²) in [7, 11) is 0. The van der Waals surface area contributed by atoms with Crippen molar-refractivity contribution in [2.75, 3.05) is 32.7 Å². The third kappa shape index (κ3) is 3.93. The number of piperidine rings is 2. The molecule has 1 atom stereocenters. The fourth-order valence-corrected chi connectivity index (χ4v) is 3.08. The van der Waals surface area contributed by atoms with Gasteiger partial charge < -0.3 is 10.6 Å². The molecule has 0 aromatic heterocycles. The number of hydrogen-bond acceptors (Lipinski definition) is 3. The molecule has 0 radical (unpaired) electrons. The molecule has 0 bridgehead atoms. The molecule has 5 nitrogen and oxygen atoms in total. The minimum absolute atomic E-state index is 0.00126. The molecule has 2 amide bonds. The summed E-state index contributed by atoms with van der Waals surface area (Å²) in [5.74, 6) is 0.666. The van der Waals surface area contributed by atoms with Crippen LogP contribution in [-0.2, 0) is 9.59 Å². The fraction of sp³-hybridized carbons (Fsp3) is 0.857. The molecule has 2 fully saturated rings. The van der Waals surface area contributed by atoms with E-state index >= 15 is 0 Å². The Bertz CT molecular complexity index is 338. The van der Waals surface area contributed by atoms with Crippen LogP contribution in [0.5, 0.6) is 0 Å². The van der Waals surface area contributed by atoms with Crippen LogP contribution in [0.4, 0.5) is 0 Å². The SMILES string of the molecule is C[C@H]1CCCN(C(=O)CN2CCC(C(N)=O)CC2)C1. The summed E-state index contributed by atoms with van der Waals surface area (Å²) in [5.41, 5.74) is 5.31. The zero-order valence-corrected chi connectivity index (χ0v) is 11.8. The molecule has 2 aliphatic rings. The summed E-state index contributed by atoms with van der Waals surface area (Å²) in [4.78, 5) is 27.5. The minimum Gasteiger partial charge on any atom is -0.369 e. The van der Waals surface area contributed by atoms with Gasteiger partial charge in [-0.05, 0) is 44.7 Å². The van der Waals surface area contributed by atoms with E-state index in [0.29, 0.717) is 12.5 Å². The molecule has 0 unspecified atom stereocenters. The smallest absolute Gasteiger partial charge is 0.236 e. The Labute approximate surface area is 115 Å². The molecule has 2 N–H and O–H groups in total. The Balaban J connectivity index is 1.75. The van der Waals surface area contributed by atoms with Crippen molar-refractivity contribution >= 4 is 11.8 Å². The lowest BCUT2D eigenvalue weighted by atomic mass is 9.96. The van der Waals surface area contributed by atoms with Gasteiger partial charge in [0.15, 0.2) is 0 Å². The molecule has 0 spiro atoms. The van der Waals surface area contributed by atoms with E-state index in [0.717, 1.165) is 45.4 Å². The van der Waals surface area contributed by atoms with Gasteiger partial charge in [-0.1, -0.05) is 6.92 Å². The van der Waals surface area contributed by atoms with Crippen LogP contribution in [-0.4, -0.2) is 54.3 Å². The van der Waals surface area contributed by atoms with Crippen LogP contribution >= 0.6 is 0 Å². The maximum atomic E-state index is 12.2. The minimum atomic E-state index is -0.198. The molecule has 108 valence electrons. The molecule has 0 aromatic rings. The van der Waals surface area contributed by atoms with E-state index in [1.54, 1.807) is 0 Å². The number of hydrogen-bond donors (Lipinski definition) is 1. The highest BCUT2D eigenvalue weighted by Gasteiger charge is 2.26.